The summed E-state index contributed by atoms with van der Waals surface area (Å²) in [6, 6.07) is 8.58. The van der Waals surface area contributed by atoms with E-state index < -0.39 is 0 Å². The Labute approximate surface area is 98.5 Å². The molecule has 0 fully saturated rings. The maximum absolute atomic E-state index is 5.36. The Morgan fingerprint density at radius 3 is 2.44 bits per heavy atom. The van der Waals surface area contributed by atoms with Crippen LogP contribution in [0, 0.1) is 0 Å². The first kappa shape index (κ1) is 12.6. The van der Waals surface area contributed by atoms with Gasteiger partial charge in [-0.2, -0.15) is 0 Å². The number of anilines is 1. The highest BCUT2D eigenvalue weighted by Gasteiger charge is 1.95. The zero-order valence-electron chi connectivity index (χ0n) is 10.4. The molecule has 2 nitrogen and oxygen atoms in total. The van der Waals surface area contributed by atoms with Crippen LogP contribution >= 0.6 is 0 Å². The van der Waals surface area contributed by atoms with Crippen molar-refractivity contribution in [3.63, 3.8) is 0 Å². The summed E-state index contributed by atoms with van der Waals surface area (Å²) in [4.78, 5) is 2.10. The summed E-state index contributed by atoms with van der Waals surface area (Å²) in [7, 11) is 4.10. The van der Waals surface area contributed by atoms with Gasteiger partial charge in [0.2, 0.25) is 0 Å². The molecule has 0 aliphatic carbocycles. The number of allylic oxidation sites excluding steroid dienone is 1. The minimum absolute atomic E-state index is 0.748. The summed E-state index contributed by atoms with van der Waals surface area (Å²) in [5.74, 6) is 0. The Balaban J connectivity index is 2.35. The zero-order valence-corrected chi connectivity index (χ0v) is 10.4. The van der Waals surface area contributed by atoms with Crippen LogP contribution in [0.15, 0.2) is 36.6 Å². The Hall–Kier alpha value is -1.44. The maximum Gasteiger partial charge on any atom is 0.0913 e. The average Bonchev–Trinajstić information content (AvgIpc) is 2.29. The van der Waals surface area contributed by atoms with Crippen molar-refractivity contribution in [2.45, 2.75) is 19.8 Å². The highest BCUT2D eigenvalue weighted by atomic mass is 16.5. The van der Waals surface area contributed by atoms with E-state index in [9.17, 15) is 0 Å². The maximum atomic E-state index is 5.36. The molecule has 0 aliphatic heterocycles. The summed E-state index contributed by atoms with van der Waals surface area (Å²) in [5, 5.41) is 0. The van der Waals surface area contributed by atoms with Gasteiger partial charge in [-0.05, 0) is 24.1 Å². The molecular weight excluding hydrogens is 198 g/mol. The monoisotopic (exact) mass is 219 g/mol. The smallest absolute Gasteiger partial charge is 0.0913 e. The third-order valence-corrected chi connectivity index (χ3v) is 2.39. The summed E-state index contributed by atoms with van der Waals surface area (Å²) in [5.41, 5.74) is 2.55. The van der Waals surface area contributed by atoms with Crippen LogP contribution < -0.4 is 4.90 Å². The lowest BCUT2D eigenvalue weighted by atomic mass is 10.1. The van der Waals surface area contributed by atoms with Gasteiger partial charge in [0.25, 0.3) is 0 Å². The molecule has 0 spiro atoms. The SMILES string of the molecule is CCC=COCCc1ccc(N(C)C)cc1. The van der Waals surface area contributed by atoms with Crippen LogP contribution in [-0.4, -0.2) is 20.7 Å². The van der Waals surface area contributed by atoms with Gasteiger partial charge in [-0.15, -0.1) is 0 Å². The summed E-state index contributed by atoms with van der Waals surface area (Å²) in [6.45, 7) is 2.84. The van der Waals surface area contributed by atoms with Crippen LogP contribution in [0.1, 0.15) is 18.9 Å². The average molecular weight is 219 g/mol. The molecule has 1 rings (SSSR count). The second kappa shape index (κ2) is 6.94. The van der Waals surface area contributed by atoms with Crippen molar-refractivity contribution in [1.82, 2.24) is 0 Å². The van der Waals surface area contributed by atoms with Crippen LogP contribution in [0.4, 0.5) is 5.69 Å². The standard InChI is InChI=1S/C14H21NO/c1-4-5-11-16-12-10-13-6-8-14(9-7-13)15(2)3/h5-9,11H,4,10,12H2,1-3H3. The van der Waals surface area contributed by atoms with E-state index in [1.165, 1.54) is 11.3 Å². The first-order chi connectivity index (χ1) is 7.74. The van der Waals surface area contributed by atoms with Crippen LogP contribution in [0.3, 0.4) is 0 Å². The fourth-order valence-corrected chi connectivity index (χ4v) is 1.37. The Morgan fingerprint density at radius 2 is 1.88 bits per heavy atom. The van der Waals surface area contributed by atoms with Gasteiger partial charge < -0.3 is 9.64 Å². The lowest BCUT2D eigenvalue weighted by Crippen LogP contribution is -2.08. The molecule has 0 bridgehead atoms. The Bertz CT molecular complexity index is 314. The molecule has 0 amide bonds. The second-order valence-electron chi connectivity index (χ2n) is 3.96. The van der Waals surface area contributed by atoms with Gasteiger partial charge in [-0.3, -0.25) is 0 Å². The zero-order chi connectivity index (χ0) is 11.8. The predicted molar refractivity (Wildman–Crippen MR) is 69.9 cm³/mol. The van der Waals surface area contributed by atoms with Crippen molar-refractivity contribution in [3.05, 3.63) is 42.2 Å². The number of hydrogen-bond acceptors (Lipinski definition) is 2. The van der Waals surface area contributed by atoms with Gasteiger partial charge in [-0.25, -0.2) is 0 Å². The Morgan fingerprint density at radius 1 is 1.19 bits per heavy atom. The number of ether oxygens (including phenoxy) is 1. The minimum atomic E-state index is 0.748. The summed E-state index contributed by atoms with van der Waals surface area (Å²) >= 11 is 0. The fraction of sp³-hybridized carbons (Fsp3) is 0.429. The van der Waals surface area contributed by atoms with Gasteiger partial charge in [0.1, 0.15) is 0 Å². The van der Waals surface area contributed by atoms with E-state index >= 15 is 0 Å². The van der Waals surface area contributed by atoms with Crippen LogP contribution in [0.25, 0.3) is 0 Å². The minimum Gasteiger partial charge on any atom is -0.501 e. The van der Waals surface area contributed by atoms with E-state index in [-0.39, 0.29) is 0 Å². The molecule has 0 saturated carbocycles. The number of nitrogens with zero attached hydrogens (tertiary/aromatic N) is 1. The molecule has 0 N–H and O–H groups in total. The quantitative estimate of drug-likeness (QED) is 0.538. The van der Waals surface area contributed by atoms with Gasteiger partial charge in [0.05, 0.1) is 12.9 Å². The Kier molecular flexibility index (Phi) is 5.48. The highest BCUT2D eigenvalue weighted by Crippen LogP contribution is 2.12. The molecule has 0 atom stereocenters. The van der Waals surface area contributed by atoms with Crippen LogP contribution in [-0.2, 0) is 11.2 Å². The lowest BCUT2D eigenvalue weighted by molar-refractivity contribution is 0.252. The molecule has 16 heavy (non-hydrogen) atoms. The molecule has 0 aliphatic rings. The van der Waals surface area contributed by atoms with Crippen LogP contribution in [0.2, 0.25) is 0 Å². The molecule has 0 unspecified atom stereocenters. The van der Waals surface area contributed by atoms with Crippen molar-refractivity contribution in [3.8, 4) is 0 Å². The molecule has 0 aromatic heterocycles. The van der Waals surface area contributed by atoms with Gasteiger partial charge in [0.15, 0.2) is 0 Å². The molecule has 2 heteroatoms. The highest BCUT2D eigenvalue weighted by molar-refractivity contribution is 5.45. The van der Waals surface area contributed by atoms with Crippen molar-refractivity contribution in [2.75, 3.05) is 25.6 Å². The van der Waals surface area contributed by atoms with Crippen molar-refractivity contribution in [1.29, 1.82) is 0 Å². The van der Waals surface area contributed by atoms with E-state index in [4.69, 9.17) is 4.74 Å². The number of rotatable bonds is 6. The van der Waals surface area contributed by atoms with Crippen molar-refractivity contribution >= 4 is 5.69 Å². The lowest BCUT2D eigenvalue weighted by Gasteiger charge is -2.12. The normalized spacial score (nSPS) is 10.7. The van der Waals surface area contributed by atoms with Crippen LogP contribution in [0.5, 0.6) is 0 Å². The van der Waals surface area contributed by atoms with Crippen molar-refractivity contribution in [2.24, 2.45) is 0 Å². The molecule has 0 radical (unpaired) electrons. The van der Waals surface area contributed by atoms with E-state index in [0.29, 0.717) is 0 Å². The van der Waals surface area contributed by atoms with E-state index in [0.717, 1.165) is 19.4 Å². The molecule has 0 saturated heterocycles. The fourth-order valence-electron chi connectivity index (χ4n) is 1.37. The first-order valence-electron chi connectivity index (χ1n) is 5.77. The first-order valence-corrected chi connectivity index (χ1v) is 5.77. The number of benzene rings is 1. The molecular formula is C14H21NO. The molecule has 1 aromatic carbocycles. The van der Waals surface area contributed by atoms with E-state index in [2.05, 4.69) is 36.1 Å². The van der Waals surface area contributed by atoms with E-state index in [1.54, 1.807) is 6.26 Å². The largest absolute Gasteiger partial charge is 0.501 e. The second-order valence-corrected chi connectivity index (χ2v) is 3.96. The van der Waals surface area contributed by atoms with E-state index in [1.807, 2.05) is 20.2 Å². The summed E-state index contributed by atoms with van der Waals surface area (Å²) in [6.07, 6.45) is 5.79. The molecule has 0 heterocycles. The summed E-state index contributed by atoms with van der Waals surface area (Å²) < 4.78 is 5.36. The topological polar surface area (TPSA) is 12.5 Å². The van der Waals surface area contributed by atoms with Gasteiger partial charge in [0, 0.05) is 26.2 Å². The number of hydrogen-bond donors (Lipinski definition) is 0. The van der Waals surface area contributed by atoms with Gasteiger partial charge in [-0.1, -0.05) is 25.1 Å². The third-order valence-electron chi connectivity index (χ3n) is 2.39. The van der Waals surface area contributed by atoms with Crippen molar-refractivity contribution < 1.29 is 4.74 Å². The molecule has 1 aromatic rings. The third kappa shape index (κ3) is 4.39. The van der Waals surface area contributed by atoms with Gasteiger partial charge >= 0.3 is 0 Å². The predicted octanol–water partition coefficient (Wildman–Crippen LogP) is 3.24. The molecule has 88 valence electrons.